The van der Waals surface area contributed by atoms with Crippen molar-refractivity contribution in [3.63, 3.8) is 0 Å². The first kappa shape index (κ1) is 15.2. The van der Waals surface area contributed by atoms with Crippen LogP contribution in [0.1, 0.15) is 50.3 Å². The summed E-state index contributed by atoms with van der Waals surface area (Å²) in [6.07, 6.45) is 3.71. The number of rotatable bonds is 7. The van der Waals surface area contributed by atoms with Crippen LogP contribution in [-0.4, -0.2) is 12.6 Å². The molecule has 1 aromatic carbocycles. The highest BCUT2D eigenvalue weighted by molar-refractivity contribution is 5.28. The van der Waals surface area contributed by atoms with Gasteiger partial charge in [-0.05, 0) is 51.1 Å². The fourth-order valence-corrected chi connectivity index (χ4v) is 2.72. The zero-order chi connectivity index (χ0) is 13.5. The van der Waals surface area contributed by atoms with Crippen LogP contribution in [0, 0.1) is 19.8 Å². The van der Waals surface area contributed by atoms with E-state index < -0.39 is 0 Å². The fourth-order valence-electron chi connectivity index (χ4n) is 2.72. The van der Waals surface area contributed by atoms with E-state index in [9.17, 15) is 0 Å². The van der Waals surface area contributed by atoms with E-state index >= 15 is 0 Å². The Morgan fingerprint density at radius 1 is 1.06 bits per heavy atom. The lowest BCUT2D eigenvalue weighted by Gasteiger charge is -2.20. The molecule has 0 bridgehead atoms. The molecule has 18 heavy (non-hydrogen) atoms. The molecule has 1 N–H and O–H groups in total. The second-order valence-electron chi connectivity index (χ2n) is 5.92. The Balaban J connectivity index is 2.54. The molecule has 0 aromatic heterocycles. The summed E-state index contributed by atoms with van der Waals surface area (Å²) in [6.45, 7) is 12.3. The maximum Gasteiger partial charge on any atom is 0.00725 e. The highest BCUT2D eigenvalue weighted by Crippen LogP contribution is 2.14. The highest BCUT2D eigenvalue weighted by atomic mass is 14.9. The van der Waals surface area contributed by atoms with Gasteiger partial charge in [0.25, 0.3) is 0 Å². The molecule has 0 saturated carbocycles. The van der Waals surface area contributed by atoms with E-state index in [0.29, 0.717) is 6.04 Å². The third kappa shape index (κ3) is 5.68. The summed E-state index contributed by atoms with van der Waals surface area (Å²) in [7, 11) is 0. The van der Waals surface area contributed by atoms with Gasteiger partial charge in [-0.1, -0.05) is 50.1 Å². The van der Waals surface area contributed by atoms with Gasteiger partial charge in [-0.15, -0.1) is 0 Å². The molecule has 1 atom stereocenters. The molecule has 0 saturated heterocycles. The van der Waals surface area contributed by atoms with Crippen molar-refractivity contribution in [2.75, 3.05) is 6.54 Å². The van der Waals surface area contributed by atoms with Crippen LogP contribution in [0.15, 0.2) is 18.2 Å². The molecule has 1 rings (SSSR count). The van der Waals surface area contributed by atoms with E-state index in [2.05, 4.69) is 58.1 Å². The Morgan fingerprint density at radius 3 is 2.17 bits per heavy atom. The van der Waals surface area contributed by atoms with E-state index in [0.717, 1.165) is 12.5 Å². The van der Waals surface area contributed by atoms with Gasteiger partial charge in [-0.3, -0.25) is 0 Å². The average Bonchev–Trinajstić information content (AvgIpc) is 2.24. The molecule has 102 valence electrons. The molecular formula is C17H29N. The van der Waals surface area contributed by atoms with Crippen molar-refractivity contribution in [1.29, 1.82) is 0 Å². The van der Waals surface area contributed by atoms with Crippen molar-refractivity contribution in [3.05, 3.63) is 34.9 Å². The van der Waals surface area contributed by atoms with Gasteiger partial charge in [0.15, 0.2) is 0 Å². The van der Waals surface area contributed by atoms with Gasteiger partial charge < -0.3 is 5.32 Å². The summed E-state index contributed by atoms with van der Waals surface area (Å²) in [5.74, 6) is 0.772. The monoisotopic (exact) mass is 247 g/mol. The van der Waals surface area contributed by atoms with Gasteiger partial charge in [0.05, 0.1) is 0 Å². The van der Waals surface area contributed by atoms with E-state index in [-0.39, 0.29) is 0 Å². The van der Waals surface area contributed by atoms with E-state index in [1.165, 1.54) is 36.0 Å². The van der Waals surface area contributed by atoms with Crippen molar-refractivity contribution >= 4 is 0 Å². The Morgan fingerprint density at radius 2 is 1.67 bits per heavy atom. The van der Waals surface area contributed by atoms with Crippen molar-refractivity contribution in [3.8, 4) is 0 Å². The summed E-state index contributed by atoms with van der Waals surface area (Å²) in [5, 5.41) is 3.61. The van der Waals surface area contributed by atoms with Crippen LogP contribution in [0.5, 0.6) is 0 Å². The molecule has 0 heterocycles. The van der Waals surface area contributed by atoms with Gasteiger partial charge in [0.2, 0.25) is 0 Å². The molecule has 0 fully saturated rings. The number of nitrogens with one attached hydrogen (secondary N) is 1. The van der Waals surface area contributed by atoms with Gasteiger partial charge in [0, 0.05) is 6.04 Å². The van der Waals surface area contributed by atoms with E-state index in [1.54, 1.807) is 0 Å². The van der Waals surface area contributed by atoms with Crippen molar-refractivity contribution in [2.24, 2.45) is 5.92 Å². The van der Waals surface area contributed by atoms with Crippen LogP contribution in [0.4, 0.5) is 0 Å². The quantitative estimate of drug-likeness (QED) is 0.759. The Kier molecular flexibility index (Phi) is 6.42. The van der Waals surface area contributed by atoms with Crippen LogP contribution in [0.2, 0.25) is 0 Å². The summed E-state index contributed by atoms with van der Waals surface area (Å²) in [5.41, 5.74) is 4.25. The van der Waals surface area contributed by atoms with Crippen molar-refractivity contribution in [2.45, 2.75) is 59.9 Å². The van der Waals surface area contributed by atoms with Gasteiger partial charge in [0.1, 0.15) is 0 Å². The van der Waals surface area contributed by atoms with E-state index in [4.69, 9.17) is 0 Å². The number of aryl methyl sites for hydroxylation is 3. The lowest BCUT2D eigenvalue weighted by molar-refractivity contribution is 0.405. The Hall–Kier alpha value is -0.820. The normalized spacial score (nSPS) is 13.0. The Bertz CT molecular complexity index is 334. The largest absolute Gasteiger partial charge is 0.314 e. The number of hydrogen-bond acceptors (Lipinski definition) is 1. The minimum Gasteiger partial charge on any atom is -0.314 e. The molecular weight excluding hydrogens is 218 g/mol. The first-order valence-corrected chi connectivity index (χ1v) is 7.31. The minimum atomic E-state index is 0.663. The third-order valence-corrected chi connectivity index (χ3v) is 3.31. The van der Waals surface area contributed by atoms with Gasteiger partial charge in [-0.25, -0.2) is 0 Å². The molecule has 0 amide bonds. The minimum absolute atomic E-state index is 0.663. The smallest absolute Gasteiger partial charge is 0.00725 e. The summed E-state index contributed by atoms with van der Waals surface area (Å²) in [6, 6.07) is 7.56. The summed E-state index contributed by atoms with van der Waals surface area (Å²) in [4.78, 5) is 0. The van der Waals surface area contributed by atoms with Crippen LogP contribution >= 0.6 is 0 Å². The maximum atomic E-state index is 3.61. The third-order valence-electron chi connectivity index (χ3n) is 3.31. The van der Waals surface area contributed by atoms with Crippen LogP contribution in [0.3, 0.4) is 0 Å². The maximum absolute atomic E-state index is 3.61. The molecule has 0 aliphatic heterocycles. The first-order valence-electron chi connectivity index (χ1n) is 7.31. The lowest BCUT2D eigenvalue weighted by atomic mass is 9.96. The first-order chi connectivity index (χ1) is 8.51. The van der Waals surface area contributed by atoms with Crippen molar-refractivity contribution < 1.29 is 0 Å². The van der Waals surface area contributed by atoms with E-state index in [1.807, 2.05) is 0 Å². The average molecular weight is 247 g/mol. The molecule has 1 heteroatoms. The standard InChI is InChI=1S/C17H29N/c1-6-18-17(9-13(2)3)8-7-16-11-14(4)10-15(5)12-16/h10-13,17-18H,6-9H2,1-5H3. The summed E-state index contributed by atoms with van der Waals surface area (Å²) < 4.78 is 0. The predicted octanol–water partition coefficient (Wildman–Crippen LogP) is 4.26. The zero-order valence-electron chi connectivity index (χ0n) is 12.7. The van der Waals surface area contributed by atoms with Crippen molar-refractivity contribution in [1.82, 2.24) is 5.32 Å². The lowest BCUT2D eigenvalue weighted by Crippen LogP contribution is -2.30. The summed E-state index contributed by atoms with van der Waals surface area (Å²) >= 11 is 0. The molecule has 1 unspecified atom stereocenters. The highest BCUT2D eigenvalue weighted by Gasteiger charge is 2.09. The van der Waals surface area contributed by atoms with Gasteiger partial charge in [-0.2, -0.15) is 0 Å². The number of hydrogen-bond donors (Lipinski definition) is 1. The SMILES string of the molecule is CCNC(CCc1cc(C)cc(C)c1)CC(C)C. The molecule has 0 aliphatic rings. The Labute approximate surface area is 113 Å². The molecule has 0 spiro atoms. The second kappa shape index (κ2) is 7.58. The zero-order valence-corrected chi connectivity index (χ0v) is 12.7. The van der Waals surface area contributed by atoms with Crippen LogP contribution in [0.25, 0.3) is 0 Å². The molecule has 0 radical (unpaired) electrons. The molecule has 1 nitrogen and oxygen atoms in total. The number of benzene rings is 1. The molecule has 0 aliphatic carbocycles. The fraction of sp³-hybridized carbons (Fsp3) is 0.647. The van der Waals surface area contributed by atoms with Crippen LogP contribution < -0.4 is 5.32 Å². The van der Waals surface area contributed by atoms with Gasteiger partial charge >= 0.3 is 0 Å². The van der Waals surface area contributed by atoms with Crippen LogP contribution in [-0.2, 0) is 6.42 Å². The topological polar surface area (TPSA) is 12.0 Å². The second-order valence-corrected chi connectivity index (χ2v) is 5.92. The molecule has 1 aromatic rings. The predicted molar refractivity (Wildman–Crippen MR) is 81.2 cm³/mol.